The maximum Gasteiger partial charge on any atom is 0.452 e. The number of alkyl halides is 3. The van der Waals surface area contributed by atoms with E-state index in [2.05, 4.69) is 20.3 Å². The van der Waals surface area contributed by atoms with Gasteiger partial charge >= 0.3 is 6.18 Å². The maximum atomic E-state index is 12.5. The summed E-state index contributed by atoms with van der Waals surface area (Å²) in [5.41, 5.74) is 0.919. The molecule has 2 heterocycles. The van der Waals surface area contributed by atoms with Crippen molar-refractivity contribution in [2.75, 3.05) is 31.5 Å². The Kier molecular flexibility index (Phi) is 4.94. The lowest BCUT2D eigenvalue weighted by Gasteiger charge is -2.26. The molecule has 1 saturated heterocycles. The number of carbonyl (C=O) groups is 2. The summed E-state index contributed by atoms with van der Waals surface area (Å²) in [7, 11) is 0. The Morgan fingerprint density at radius 2 is 2.04 bits per heavy atom. The zero-order valence-electron chi connectivity index (χ0n) is 13.5. The molecule has 1 aromatic heterocycles. The molecule has 1 aliphatic heterocycles. The van der Waals surface area contributed by atoms with Gasteiger partial charge in [-0.1, -0.05) is 17.3 Å². The molecule has 3 rings (SSSR count). The van der Waals surface area contributed by atoms with Gasteiger partial charge in [0.2, 0.25) is 17.6 Å². The van der Waals surface area contributed by atoms with Gasteiger partial charge in [-0.05, 0) is 12.1 Å². The predicted molar refractivity (Wildman–Crippen MR) is 85.0 cm³/mol. The van der Waals surface area contributed by atoms with E-state index in [4.69, 9.17) is 0 Å². The minimum absolute atomic E-state index is 0.0432. The molecule has 2 amide bonds. The van der Waals surface area contributed by atoms with Crippen LogP contribution in [0.1, 0.15) is 5.76 Å². The first kappa shape index (κ1) is 17.9. The van der Waals surface area contributed by atoms with Crippen LogP contribution in [0, 0.1) is 0 Å². The van der Waals surface area contributed by atoms with Gasteiger partial charge in [0.25, 0.3) is 0 Å². The van der Waals surface area contributed by atoms with E-state index >= 15 is 0 Å². The van der Waals surface area contributed by atoms with Crippen molar-refractivity contribution in [2.45, 2.75) is 6.18 Å². The van der Waals surface area contributed by atoms with Crippen LogP contribution in [0.3, 0.4) is 0 Å². The molecule has 0 spiro atoms. The van der Waals surface area contributed by atoms with E-state index in [0.29, 0.717) is 24.3 Å². The molecule has 138 valence electrons. The van der Waals surface area contributed by atoms with Gasteiger partial charge in [0, 0.05) is 30.4 Å². The van der Waals surface area contributed by atoms with Gasteiger partial charge in [-0.15, -0.1) is 0 Å². The van der Waals surface area contributed by atoms with Gasteiger partial charge in [-0.2, -0.15) is 13.2 Å². The summed E-state index contributed by atoms with van der Waals surface area (Å²) in [4.78, 5) is 25.1. The van der Waals surface area contributed by atoms with E-state index in [1.165, 1.54) is 29.2 Å². The first-order valence-corrected chi connectivity index (χ1v) is 7.75. The fourth-order valence-electron chi connectivity index (χ4n) is 2.46. The summed E-state index contributed by atoms with van der Waals surface area (Å²) in [5.74, 6) is -1.67. The number of benzene rings is 1. The lowest BCUT2D eigenvalue weighted by atomic mass is 10.1. The Morgan fingerprint density at radius 1 is 1.31 bits per heavy atom. The second-order valence-electron chi connectivity index (χ2n) is 5.69. The Labute approximate surface area is 146 Å². The zero-order valence-corrected chi connectivity index (χ0v) is 13.5. The maximum absolute atomic E-state index is 12.5. The molecule has 0 bridgehead atoms. The monoisotopic (exact) mass is 368 g/mol. The molecule has 1 aliphatic rings. The van der Waals surface area contributed by atoms with Crippen LogP contribution in [0.5, 0.6) is 0 Å². The predicted octanol–water partition coefficient (Wildman–Crippen LogP) is 1.73. The topological polar surface area (TPSA) is 87.5 Å². The average molecular weight is 368 g/mol. The number of hydrogen-bond acceptors (Lipinski definition) is 5. The zero-order chi connectivity index (χ0) is 18.7. The molecule has 2 aromatic rings. The van der Waals surface area contributed by atoms with Crippen molar-refractivity contribution in [3.05, 3.63) is 36.1 Å². The van der Waals surface area contributed by atoms with Crippen molar-refractivity contribution in [1.82, 2.24) is 15.4 Å². The Morgan fingerprint density at radius 3 is 2.65 bits per heavy atom. The second kappa shape index (κ2) is 7.16. The summed E-state index contributed by atoms with van der Waals surface area (Å²) < 4.78 is 41.9. The fourth-order valence-corrected chi connectivity index (χ4v) is 2.46. The van der Waals surface area contributed by atoms with Crippen molar-refractivity contribution < 1.29 is 27.3 Å². The van der Waals surface area contributed by atoms with Crippen LogP contribution >= 0.6 is 0 Å². The molecule has 2 N–H and O–H groups in total. The largest absolute Gasteiger partial charge is 0.452 e. The number of rotatable bonds is 4. The van der Waals surface area contributed by atoms with Gasteiger partial charge in [0.1, 0.15) is 5.69 Å². The number of halogens is 3. The summed E-state index contributed by atoms with van der Waals surface area (Å²) >= 11 is 0. The fraction of sp³-hybridized carbons (Fsp3) is 0.312. The Hall–Kier alpha value is -2.88. The smallest absolute Gasteiger partial charge is 0.351 e. The molecule has 0 unspecified atom stereocenters. The number of anilines is 1. The summed E-state index contributed by atoms with van der Waals surface area (Å²) in [5, 5.41) is 8.95. The third-order valence-corrected chi connectivity index (χ3v) is 3.78. The molecular formula is C16H15F3N4O3. The lowest BCUT2D eigenvalue weighted by molar-refractivity contribution is -0.155. The van der Waals surface area contributed by atoms with Gasteiger partial charge in [0.15, 0.2) is 0 Å². The van der Waals surface area contributed by atoms with E-state index in [1.54, 1.807) is 0 Å². The van der Waals surface area contributed by atoms with Crippen LogP contribution in [-0.4, -0.2) is 48.0 Å². The van der Waals surface area contributed by atoms with Crippen LogP contribution < -0.4 is 10.6 Å². The molecule has 10 heteroatoms. The second-order valence-corrected chi connectivity index (χ2v) is 5.69. The van der Waals surface area contributed by atoms with E-state index in [-0.39, 0.29) is 30.6 Å². The number of hydrogen-bond donors (Lipinski definition) is 2. The highest BCUT2D eigenvalue weighted by atomic mass is 19.4. The standard InChI is InChI=1S/C16H15F3N4O3/c17-16(18,19)13-7-12(22-26-13)10-1-3-11(4-2-10)21-14(24)9-23-6-5-20-8-15(23)25/h1-4,7,20H,5-6,8-9H2,(H,21,24). The van der Waals surface area contributed by atoms with E-state index in [9.17, 15) is 22.8 Å². The van der Waals surface area contributed by atoms with E-state index < -0.39 is 11.9 Å². The van der Waals surface area contributed by atoms with Gasteiger partial charge in [0.05, 0.1) is 13.1 Å². The molecule has 7 nitrogen and oxygen atoms in total. The molecule has 0 saturated carbocycles. The summed E-state index contributed by atoms with van der Waals surface area (Å²) in [6, 6.07) is 6.92. The molecule has 0 radical (unpaired) electrons. The Bertz CT molecular complexity index is 802. The summed E-state index contributed by atoms with van der Waals surface area (Å²) in [6.07, 6.45) is -4.60. The quantitative estimate of drug-likeness (QED) is 0.858. The third kappa shape index (κ3) is 4.20. The van der Waals surface area contributed by atoms with Gasteiger partial charge in [-0.25, -0.2) is 0 Å². The van der Waals surface area contributed by atoms with Crippen LogP contribution in [0.15, 0.2) is 34.9 Å². The first-order chi connectivity index (χ1) is 12.3. The minimum Gasteiger partial charge on any atom is -0.351 e. The van der Waals surface area contributed by atoms with Gasteiger partial charge < -0.3 is 20.1 Å². The molecule has 1 fully saturated rings. The molecule has 0 atom stereocenters. The van der Waals surface area contributed by atoms with Crippen molar-refractivity contribution >= 4 is 17.5 Å². The number of piperazine rings is 1. The molecule has 0 aliphatic carbocycles. The van der Waals surface area contributed by atoms with Crippen LogP contribution in [0.4, 0.5) is 18.9 Å². The van der Waals surface area contributed by atoms with Crippen LogP contribution in [0.25, 0.3) is 11.3 Å². The van der Waals surface area contributed by atoms with E-state index in [0.717, 1.165) is 6.07 Å². The Balaban J connectivity index is 1.61. The number of nitrogens with zero attached hydrogens (tertiary/aromatic N) is 2. The average Bonchev–Trinajstić information content (AvgIpc) is 3.08. The van der Waals surface area contributed by atoms with Crippen molar-refractivity contribution in [3.63, 3.8) is 0 Å². The lowest BCUT2D eigenvalue weighted by Crippen LogP contribution is -2.50. The molecule has 1 aromatic carbocycles. The van der Waals surface area contributed by atoms with Crippen LogP contribution in [0.2, 0.25) is 0 Å². The molecular weight excluding hydrogens is 353 g/mol. The van der Waals surface area contributed by atoms with Crippen molar-refractivity contribution in [3.8, 4) is 11.3 Å². The number of carbonyl (C=O) groups excluding carboxylic acids is 2. The highest BCUT2D eigenvalue weighted by Gasteiger charge is 2.36. The molecule has 26 heavy (non-hydrogen) atoms. The summed E-state index contributed by atoms with van der Waals surface area (Å²) in [6.45, 7) is 1.24. The van der Waals surface area contributed by atoms with Gasteiger partial charge in [-0.3, -0.25) is 9.59 Å². The number of aromatic nitrogens is 1. The highest BCUT2D eigenvalue weighted by Crippen LogP contribution is 2.32. The number of amides is 2. The number of nitrogens with one attached hydrogen (secondary N) is 2. The third-order valence-electron chi connectivity index (χ3n) is 3.78. The first-order valence-electron chi connectivity index (χ1n) is 7.75. The highest BCUT2D eigenvalue weighted by molar-refractivity contribution is 5.95. The van der Waals surface area contributed by atoms with E-state index in [1.807, 2.05) is 0 Å². The minimum atomic E-state index is -4.60. The normalized spacial score (nSPS) is 15.2. The van der Waals surface area contributed by atoms with Crippen molar-refractivity contribution in [1.29, 1.82) is 0 Å². The SMILES string of the molecule is O=C(CN1CCNCC1=O)Nc1ccc(-c2cc(C(F)(F)F)on2)cc1. The van der Waals surface area contributed by atoms with Crippen LogP contribution in [-0.2, 0) is 15.8 Å². The van der Waals surface area contributed by atoms with Crippen molar-refractivity contribution in [2.24, 2.45) is 0 Å².